The highest BCUT2D eigenvalue weighted by Crippen LogP contribution is 2.19. The average Bonchev–Trinajstić information content (AvgIpc) is 2.38. The molecular weight excluding hydrogens is 237 g/mol. The van der Waals surface area contributed by atoms with E-state index in [-0.39, 0.29) is 13.0 Å². The molecule has 0 saturated heterocycles. The van der Waals surface area contributed by atoms with Gasteiger partial charge in [0.2, 0.25) is 0 Å². The SMILES string of the molecule is COc1ccccc1C(=O)N[C@](C)(CO)CCF. The fraction of sp³-hybridized carbons (Fsp3) is 0.462. The van der Waals surface area contributed by atoms with Crippen molar-refractivity contribution < 1.29 is 19.0 Å². The number of nitrogens with one attached hydrogen (secondary N) is 1. The van der Waals surface area contributed by atoms with Crippen molar-refractivity contribution in [3.05, 3.63) is 29.8 Å². The summed E-state index contributed by atoms with van der Waals surface area (Å²) in [5, 5.41) is 11.9. The summed E-state index contributed by atoms with van der Waals surface area (Å²) < 4.78 is 17.5. The Morgan fingerprint density at radius 1 is 1.50 bits per heavy atom. The van der Waals surface area contributed by atoms with Crippen LogP contribution in [0.2, 0.25) is 0 Å². The predicted octanol–water partition coefficient (Wildman–Crippen LogP) is 1.54. The predicted molar refractivity (Wildman–Crippen MR) is 66.5 cm³/mol. The van der Waals surface area contributed by atoms with Gasteiger partial charge in [0.25, 0.3) is 5.91 Å². The Kier molecular flexibility index (Phi) is 5.09. The van der Waals surface area contributed by atoms with E-state index in [1.54, 1.807) is 31.2 Å². The molecule has 0 aromatic heterocycles. The number of benzene rings is 1. The second-order valence-corrected chi connectivity index (χ2v) is 4.31. The Balaban J connectivity index is 2.87. The van der Waals surface area contributed by atoms with E-state index in [2.05, 4.69) is 5.32 Å². The lowest BCUT2D eigenvalue weighted by Gasteiger charge is -2.27. The van der Waals surface area contributed by atoms with Gasteiger partial charge in [-0.05, 0) is 19.1 Å². The number of hydrogen-bond donors (Lipinski definition) is 2. The Morgan fingerprint density at radius 2 is 2.17 bits per heavy atom. The van der Waals surface area contributed by atoms with Gasteiger partial charge in [0.15, 0.2) is 0 Å². The molecule has 0 bridgehead atoms. The summed E-state index contributed by atoms with van der Waals surface area (Å²) in [7, 11) is 1.47. The summed E-state index contributed by atoms with van der Waals surface area (Å²) in [6, 6.07) is 6.74. The first kappa shape index (κ1) is 14.4. The Morgan fingerprint density at radius 3 is 2.72 bits per heavy atom. The highest BCUT2D eigenvalue weighted by Gasteiger charge is 2.26. The Hall–Kier alpha value is -1.62. The zero-order valence-electron chi connectivity index (χ0n) is 10.6. The highest BCUT2D eigenvalue weighted by atomic mass is 19.1. The first-order chi connectivity index (χ1) is 8.56. The molecule has 1 rings (SSSR count). The molecule has 0 heterocycles. The van der Waals surface area contributed by atoms with Crippen LogP contribution in [0.5, 0.6) is 5.75 Å². The Labute approximate surface area is 106 Å². The van der Waals surface area contributed by atoms with Crippen LogP contribution in [0.25, 0.3) is 0 Å². The van der Waals surface area contributed by atoms with Gasteiger partial charge in [0.05, 0.1) is 31.5 Å². The Bertz CT molecular complexity index is 411. The van der Waals surface area contributed by atoms with Crippen molar-refractivity contribution in [3.63, 3.8) is 0 Å². The first-order valence-corrected chi connectivity index (χ1v) is 5.68. The number of ether oxygens (including phenoxy) is 1. The summed E-state index contributed by atoms with van der Waals surface area (Å²) in [5.41, 5.74) is -0.606. The lowest BCUT2D eigenvalue weighted by Crippen LogP contribution is -2.49. The molecule has 1 amide bonds. The number of aliphatic hydroxyl groups is 1. The lowest BCUT2D eigenvalue weighted by molar-refractivity contribution is 0.0830. The van der Waals surface area contributed by atoms with Crippen molar-refractivity contribution in [2.45, 2.75) is 18.9 Å². The molecule has 2 N–H and O–H groups in total. The smallest absolute Gasteiger partial charge is 0.255 e. The van der Waals surface area contributed by atoms with Crippen molar-refractivity contribution in [1.82, 2.24) is 5.32 Å². The van der Waals surface area contributed by atoms with Gasteiger partial charge in [-0.1, -0.05) is 12.1 Å². The standard InChI is InChI=1S/C13H18FNO3/c1-13(9-16,7-8-14)15-12(17)10-5-3-4-6-11(10)18-2/h3-6,16H,7-9H2,1-2H3,(H,15,17)/t13-/m0/s1. The molecule has 18 heavy (non-hydrogen) atoms. The van der Waals surface area contributed by atoms with Gasteiger partial charge in [0.1, 0.15) is 5.75 Å². The van der Waals surface area contributed by atoms with Crippen LogP contribution < -0.4 is 10.1 Å². The third kappa shape index (κ3) is 3.43. The van der Waals surface area contributed by atoms with Crippen molar-refractivity contribution in [2.75, 3.05) is 20.4 Å². The molecular formula is C13H18FNO3. The van der Waals surface area contributed by atoms with E-state index in [4.69, 9.17) is 4.74 Å². The van der Waals surface area contributed by atoms with Gasteiger partial charge < -0.3 is 15.2 Å². The molecule has 100 valence electrons. The number of hydrogen-bond acceptors (Lipinski definition) is 3. The van der Waals surface area contributed by atoms with E-state index in [1.807, 2.05) is 0 Å². The first-order valence-electron chi connectivity index (χ1n) is 5.68. The van der Waals surface area contributed by atoms with Crippen LogP contribution in [0, 0.1) is 0 Å². The molecule has 4 nitrogen and oxygen atoms in total. The number of carbonyl (C=O) groups excluding carboxylic acids is 1. The topological polar surface area (TPSA) is 58.6 Å². The molecule has 0 saturated carbocycles. The maximum atomic E-state index is 12.4. The van der Waals surface area contributed by atoms with Crippen molar-refractivity contribution in [3.8, 4) is 5.75 Å². The quantitative estimate of drug-likeness (QED) is 0.810. The van der Waals surface area contributed by atoms with Gasteiger partial charge in [-0.25, -0.2) is 0 Å². The van der Waals surface area contributed by atoms with Crippen LogP contribution in [0.4, 0.5) is 4.39 Å². The fourth-order valence-corrected chi connectivity index (χ4v) is 1.56. The van der Waals surface area contributed by atoms with E-state index < -0.39 is 18.1 Å². The summed E-state index contributed by atoms with van der Waals surface area (Å²) in [5.74, 6) is 0.0491. The number of amides is 1. The maximum Gasteiger partial charge on any atom is 0.255 e. The number of methoxy groups -OCH3 is 1. The number of carbonyl (C=O) groups is 1. The van der Waals surface area contributed by atoms with Gasteiger partial charge in [-0.3, -0.25) is 9.18 Å². The number of para-hydroxylation sites is 1. The fourth-order valence-electron chi connectivity index (χ4n) is 1.56. The minimum atomic E-state index is -0.966. The van der Waals surface area contributed by atoms with Crippen molar-refractivity contribution >= 4 is 5.91 Å². The molecule has 0 aliphatic rings. The molecule has 5 heteroatoms. The normalized spacial score (nSPS) is 13.8. The number of aliphatic hydroxyl groups excluding tert-OH is 1. The monoisotopic (exact) mass is 255 g/mol. The third-order valence-electron chi connectivity index (χ3n) is 2.76. The van der Waals surface area contributed by atoms with Crippen molar-refractivity contribution in [1.29, 1.82) is 0 Å². The van der Waals surface area contributed by atoms with Crippen LogP contribution >= 0.6 is 0 Å². The van der Waals surface area contributed by atoms with E-state index in [0.29, 0.717) is 11.3 Å². The van der Waals surface area contributed by atoms with Crippen molar-refractivity contribution in [2.24, 2.45) is 0 Å². The summed E-state index contributed by atoms with van der Waals surface area (Å²) in [4.78, 5) is 12.0. The molecule has 0 spiro atoms. The third-order valence-corrected chi connectivity index (χ3v) is 2.76. The van der Waals surface area contributed by atoms with Crippen LogP contribution in [0.1, 0.15) is 23.7 Å². The second-order valence-electron chi connectivity index (χ2n) is 4.31. The van der Waals surface area contributed by atoms with Gasteiger partial charge in [-0.2, -0.15) is 0 Å². The van der Waals surface area contributed by atoms with Crippen LogP contribution in [0.15, 0.2) is 24.3 Å². The van der Waals surface area contributed by atoms with Crippen LogP contribution in [-0.2, 0) is 0 Å². The molecule has 0 radical (unpaired) electrons. The largest absolute Gasteiger partial charge is 0.496 e. The minimum absolute atomic E-state index is 0.0599. The summed E-state index contributed by atoms with van der Waals surface area (Å²) in [6.45, 7) is 0.668. The van der Waals surface area contributed by atoms with E-state index in [1.165, 1.54) is 7.11 Å². The molecule has 1 atom stereocenters. The lowest BCUT2D eigenvalue weighted by atomic mass is 9.99. The molecule has 0 fully saturated rings. The van der Waals surface area contributed by atoms with E-state index in [0.717, 1.165) is 0 Å². The molecule has 0 aliphatic carbocycles. The van der Waals surface area contributed by atoms with Crippen LogP contribution in [0.3, 0.4) is 0 Å². The number of halogens is 1. The molecule has 1 aromatic carbocycles. The average molecular weight is 255 g/mol. The summed E-state index contributed by atoms with van der Waals surface area (Å²) >= 11 is 0. The van der Waals surface area contributed by atoms with Gasteiger partial charge in [-0.15, -0.1) is 0 Å². The zero-order chi connectivity index (χ0) is 13.6. The van der Waals surface area contributed by atoms with E-state index >= 15 is 0 Å². The number of rotatable bonds is 6. The minimum Gasteiger partial charge on any atom is -0.496 e. The maximum absolute atomic E-state index is 12.4. The summed E-state index contributed by atoms with van der Waals surface area (Å²) in [6.07, 6.45) is 0.0599. The molecule has 0 aliphatic heterocycles. The molecule has 1 aromatic rings. The second kappa shape index (κ2) is 6.35. The van der Waals surface area contributed by atoms with Crippen LogP contribution in [-0.4, -0.2) is 36.9 Å². The number of alkyl halides is 1. The van der Waals surface area contributed by atoms with Gasteiger partial charge >= 0.3 is 0 Å². The molecule has 0 unspecified atom stereocenters. The highest BCUT2D eigenvalue weighted by molar-refractivity contribution is 5.97. The van der Waals surface area contributed by atoms with E-state index in [9.17, 15) is 14.3 Å². The zero-order valence-corrected chi connectivity index (χ0v) is 10.6. The van der Waals surface area contributed by atoms with Gasteiger partial charge in [0, 0.05) is 6.42 Å².